The quantitative estimate of drug-likeness (QED) is 0.804. The summed E-state index contributed by atoms with van der Waals surface area (Å²) in [6.45, 7) is 0. The summed E-state index contributed by atoms with van der Waals surface area (Å²) in [5, 5.41) is 11.4. The van der Waals surface area contributed by atoms with Gasteiger partial charge in [-0.15, -0.1) is 0 Å². The Hall–Kier alpha value is -3.08. The number of aliphatic carboxylic acids is 1. The maximum absolute atomic E-state index is 11.9. The van der Waals surface area contributed by atoms with Gasteiger partial charge in [-0.05, 0) is 41.5 Å². The van der Waals surface area contributed by atoms with Crippen molar-refractivity contribution in [2.75, 3.05) is 12.4 Å². The average Bonchev–Trinajstić information content (AvgIpc) is 2.55. The van der Waals surface area contributed by atoms with Gasteiger partial charge in [-0.1, -0.05) is 24.3 Å². The van der Waals surface area contributed by atoms with Crippen LogP contribution < -0.4 is 10.1 Å². The first-order chi connectivity index (χ1) is 11.1. The number of rotatable bonds is 6. The first kappa shape index (κ1) is 16.3. The lowest BCUT2D eigenvalue weighted by Crippen LogP contribution is -2.08. The third-order valence-corrected chi connectivity index (χ3v) is 3.12. The molecule has 2 aromatic carbocycles. The third kappa shape index (κ3) is 5.32. The summed E-state index contributed by atoms with van der Waals surface area (Å²) in [5.74, 6) is -0.385. The van der Waals surface area contributed by atoms with Crippen molar-refractivity contribution < 1.29 is 19.4 Å². The molecule has 118 valence electrons. The van der Waals surface area contributed by atoms with E-state index in [1.165, 1.54) is 6.08 Å². The second-order valence-electron chi connectivity index (χ2n) is 4.86. The van der Waals surface area contributed by atoms with E-state index in [-0.39, 0.29) is 12.3 Å². The number of amides is 1. The van der Waals surface area contributed by atoms with Crippen LogP contribution in [0.4, 0.5) is 5.69 Å². The van der Waals surface area contributed by atoms with E-state index in [1.807, 2.05) is 24.3 Å². The zero-order chi connectivity index (χ0) is 16.7. The fourth-order valence-electron chi connectivity index (χ4n) is 1.95. The molecule has 5 heteroatoms. The summed E-state index contributed by atoms with van der Waals surface area (Å²) >= 11 is 0. The Kier molecular flexibility index (Phi) is 5.52. The number of anilines is 1. The topological polar surface area (TPSA) is 75.6 Å². The number of carbonyl (C=O) groups is 2. The van der Waals surface area contributed by atoms with Gasteiger partial charge in [-0.3, -0.25) is 9.59 Å². The molecule has 2 N–H and O–H groups in total. The fourth-order valence-corrected chi connectivity index (χ4v) is 1.95. The highest BCUT2D eigenvalue weighted by Crippen LogP contribution is 2.13. The van der Waals surface area contributed by atoms with Crippen LogP contribution in [0.15, 0.2) is 54.6 Å². The largest absolute Gasteiger partial charge is 0.497 e. The van der Waals surface area contributed by atoms with E-state index in [4.69, 9.17) is 9.84 Å². The molecule has 0 bridgehead atoms. The molecule has 1 amide bonds. The van der Waals surface area contributed by atoms with Gasteiger partial charge in [-0.2, -0.15) is 0 Å². The molecule has 23 heavy (non-hydrogen) atoms. The highest BCUT2D eigenvalue weighted by Gasteiger charge is 2.02. The van der Waals surface area contributed by atoms with Crippen LogP contribution in [0.5, 0.6) is 5.75 Å². The Labute approximate surface area is 134 Å². The molecule has 0 radical (unpaired) electrons. The lowest BCUT2D eigenvalue weighted by Gasteiger charge is -2.03. The maximum Gasteiger partial charge on any atom is 0.307 e. The van der Waals surface area contributed by atoms with Crippen molar-refractivity contribution in [1.29, 1.82) is 0 Å². The van der Waals surface area contributed by atoms with Gasteiger partial charge in [-0.25, -0.2) is 0 Å². The number of nitrogens with one attached hydrogen (secondary N) is 1. The minimum Gasteiger partial charge on any atom is -0.497 e. The van der Waals surface area contributed by atoms with Crippen LogP contribution in [0.2, 0.25) is 0 Å². The normalized spacial score (nSPS) is 10.5. The third-order valence-electron chi connectivity index (χ3n) is 3.12. The van der Waals surface area contributed by atoms with E-state index in [1.54, 1.807) is 37.5 Å². The molecule has 0 unspecified atom stereocenters. The van der Waals surface area contributed by atoms with Crippen molar-refractivity contribution >= 4 is 23.6 Å². The van der Waals surface area contributed by atoms with Crippen molar-refractivity contribution in [3.63, 3.8) is 0 Å². The van der Waals surface area contributed by atoms with Gasteiger partial charge < -0.3 is 15.2 Å². The molecule has 2 aromatic rings. The Bertz CT molecular complexity index is 703. The van der Waals surface area contributed by atoms with Crippen LogP contribution in [0.1, 0.15) is 11.1 Å². The van der Waals surface area contributed by atoms with Crippen molar-refractivity contribution in [1.82, 2.24) is 0 Å². The number of hydrogen-bond donors (Lipinski definition) is 2. The second kappa shape index (κ2) is 7.79. The first-order valence-corrected chi connectivity index (χ1v) is 7.00. The average molecular weight is 311 g/mol. The van der Waals surface area contributed by atoms with Crippen molar-refractivity contribution in [3.05, 3.63) is 65.7 Å². The zero-order valence-corrected chi connectivity index (χ0v) is 12.7. The van der Waals surface area contributed by atoms with Crippen LogP contribution >= 0.6 is 0 Å². The lowest BCUT2D eigenvalue weighted by atomic mass is 10.1. The summed E-state index contributed by atoms with van der Waals surface area (Å²) in [4.78, 5) is 22.5. The fraction of sp³-hybridized carbons (Fsp3) is 0.111. The molecule has 0 aromatic heterocycles. The summed E-state index contributed by atoms with van der Waals surface area (Å²) in [6, 6.07) is 14.0. The first-order valence-electron chi connectivity index (χ1n) is 7.00. The van der Waals surface area contributed by atoms with E-state index in [0.29, 0.717) is 11.3 Å². The molecule has 0 aliphatic rings. The zero-order valence-electron chi connectivity index (χ0n) is 12.7. The van der Waals surface area contributed by atoms with Gasteiger partial charge in [0.25, 0.3) is 0 Å². The van der Waals surface area contributed by atoms with E-state index in [9.17, 15) is 9.59 Å². The molecule has 0 saturated heterocycles. The summed E-state index contributed by atoms with van der Waals surface area (Å²) < 4.78 is 5.07. The molecule has 0 aliphatic heterocycles. The number of carboxylic acids is 1. The number of carboxylic acid groups (broad SMARTS) is 1. The Morgan fingerprint density at radius 2 is 1.74 bits per heavy atom. The Balaban J connectivity index is 1.93. The monoisotopic (exact) mass is 311 g/mol. The standard InChI is InChI=1S/C18H17NO4/c1-23-16-9-4-13(5-10-16)6-11-17(20)19-15-7-2-14(3-8-15)12-18(21)22/h2-11H,12H2,1H3,(H,19,20)(H,21,22)/b11-6+. The number of methoxy groups -OCH3 is 1. The predicted octanol–water partition coefficient (Wildman–Crippen LogP) is 2.97. The SMILES string of the molecule is COc1ccc(/C=C/C(=O)Nc2ccc(CC(=O)O)cc2)cc1. The molecule has 0 fully saturated rings. The Morgan fingerprint density at radius 1 is 1.09 bits per heavy atom. The number of benzene rings is 2. The van der Waals surface area contributed by atoms with Crippen molar-refractivity contribution in [2.24, 2.45) is 0 Å². The molecule has 5 nitrogen and oxygen atoms in total. The van der Waals surface area contributed by atoms with Crippen LogP contribution in [0.3, 0.4) is 0 Å². The molecule has 0 atom stereocenters. The van der Waals surface area contributed by atoms with Crippen LogP contribution in [0.25, 0.3) is 6.08 Å². The predicted molar refractivity (Wildman–Crippen MR) is 88.4 cm³/mol. The van der Waals surface area contributed by atoms with E-state index in [0.717, 1.165) is 11.3 Å². The minimum atomic E-state index is -0.885. The van der Waals surface area contributed by atoms with Gasteiger partial charge in [0, 0.05) is 11.8 Å². The molecule has 0 spiro atoms. The smallest absolute Gasteiger partial charge is 0.307 e. The lowest BCUT2D eigenvalue weighted by molar-refractivity contribution is -0.136. The minimum absolute atomic E-state index is 0.0361. The number of ether oxygens (including phenoxy) is 1. The summed E-state index contributed by atoms with van der Waals surface area (Å²) in [5.41, 5.74) is 2.19. The van der Waals surface area contributed by atoms with Gasteiger partial charge >= 0.3 is 5.97 Å². The molecule has 2 rings (SSSR count). The van der Waals surface area contributed by atoms with E-state index >= 15 is 0 Å². The highest BCUT2D eigenvalue weighted by atomic mass is 16.5. The van der Waals surface area contributed by atoms with Crippen molar-refractivity contribution in [3.8, 4) is 5.75 Å². The van der Waals surface area contributed by atoms with E-state index < -0.39 is 5.97 Å². The maximum atomic E-state index is 11.9. The second-order valence-corrected chi connectivity index (χ2v) is 4.86. The Morgan fingerprint density at radius 3 is 2.30 bits per heavy atom. The summed E-state index contributed by atoms with van der Waals surface area (Å²) in [6.07, 6.45) is 3.10. The molecular weight excluding hydrogens is 294 g/mol. The highest BCUT2D eigenvalue weighted by molar-refractivity contribution is 6.01. The van der Waals surface area contributed by atoms with E-state index in [2.05, 4.69) is 5.32 Å². The van der Waals surface area contributed by atoms with Gasteiger partial charge in [0.15, 0.2) is 0 Å². The van der Waals surface area contributed by atoms with Gasteiger partial charge in [0.05, 0.1) is 13.5 Å². The molecule has 0 aliphatic carbocycles. The molecule has 0 heterocycles. The molecular formula is C18H17NO4. The van der Waals surface area contributed by atoms with Gasteiger partial charge in [0.1, 0.15) is 5.75 Å². The van der Waals surface area contributed by atoms with Gasteiger partial charge in [0.2, 0.25) is 5.91 Å². The number of carbonyl (C=O) groups excluding carboxylic acids is 1. The van der Waals surface area contributed by atoms with Crippen molar-refractivity contribution in [2.45, 2.75) is 6.42 Å². The summed E-state index contributed by atoms with van der Waals surface area (Å²) in [7, 11) is 1.60. The molecule has 0 saturated carbocycles. The number of hydrogen-bond acceptors (Lipinski definition) is 3. The van der Waals surface area contributed by atoms with Crippen LogP contribution in [-0.2, 0) is 16.0 Å². The van der Waals surface area contributed by atoms with Crippen LogP contribution in [-0.4, -0.2) is 24.1 Å². The van der Waals surface area contributed by atoms with Crippen LogP contribution in [0, 0.1) is 0 Å².